The van der Waals surface area contributed by atoms with E-state index in [1.165, 1.54) is 24.0 Å². The van der Waals surface area contributed by atoms with Crippen LogP contribution in [-0.2, 0) is 5.41 Å². The zero-order chi connectivity index (χ0) is 13.6. The first-order valence-electron chi connectivity index (χ1n) is 7.35. The highest BCUT2D eigenvalue weighted by Crippen LogP contribution is 2.52. The number of hydrogen-bond donors (Lipinski definition) is 0. The van der Waals surface area contributed by atoms with E-state index in [0.717, 1.165) is 24.6 Å². The van der Waals surface area contributed by atoms with Crippen molar-refractivity contribution < 1.29 is 4.74 Å². The molecule has 0 aromatic heterocycles. The minimum atomic E-state index is 0.137. The van der Waals surface area contributed by atoms with E-state index >= 15 is 0 Å². The predicted octanol–water partition coefficient (Wildman–Crippen LogP) is 3.80. The lowest BCUT2D eigenvalue weighted by Crippen LogP contribution is -2.43. The van der Waals surface area contributed by atoms with E-state index in [9.17, 15) is 0 Å². The van der Waals surface area contributed by atoms with E-state index in [4.69, 9.17) is 4.74 Å². The summed E-state index contributed by atoms with van der Waals surface area (Å²) in [5.74, 6) is 2.08. The first-order valence-corrected chi connectivity index (χ1v) is 7.35. The van der Waals surface area contributed by atoms with Crippen LogP contribution >= 0.6 is 0 Å². The zero-order valence-electron chi connectivity index (χ0n) is 11.8. The fraction of sp³-hybridized carbons (Fsp3) is 0.333. The number of hydrogen-bond acceptors (Lipinski definition) is 2. The summed E-state index contributed by atoms with van der Waals surface area (Å²) in [5, 5.41) is 0. The molecule has 2 aromatic rings. The van der Waals surface area contributed by atoms with Crippen LogP contribution in [0, 0.1) is 0 Å². The number of rotatable bonds is 0. The molecule has 102 valence electrons. The van der Waals surface area contributed by atoms with E-state index in [0.29, 0.717) is 0 Å². The van der Waals surface area contributed by atoms with Crippen LogP contribution in [0.15, 0.2) is 48.5 Å². The number of para-hydroxylation sites is 2. The van der Waals surface area contributed by atoms with Crippen LogP contribution in [0.25, 0.3) is 0 Å². The molecular weight excluding hydrogens is 246 g/mol. The molecule has 20 heavy (non-hydrogen) atoms. The van der Waals surface area contributed by atoms with Crippen LogP contribution in [0.2, 0.25) is 0 Å². The van der Waals surface area contributed by atoms with E-state index in [1.54, 1.807) is 0 Å². The van der Waals surface area contributed by atoms with Crippen LogP contribution in [0.4, 0.5) is 0 Å². The molecule has 2 heteroatoms. The molecule has 1 saturated heterocycles. The molecular formula is C18H19NO. The monoisotopic (exact) mass is 265 g/mol. The van der Waals surface area contributed by atoms with Gasteiger partial charge in [-0.2, -0.15) is 0 Å². The third-order valence-corrected chi connectivity index (χ3v) is 4.87. The molecule has 0 N–H and O–H groups in total. The Morgan fingerprint density at radius 2 is 1.35 bits per heavy atom. The van der Waals surface area contributed by atoms with Crippen molar-refractivity contribution in [1.82, 2.24) is 4.90 Å². The van der Waals surface area contributed by atoms with Crippen molar-refractivity contribution in [3.63, 3.8) is 0 Å². The van der Waals surface area contributed by atoms with Crippen LogP contribution < -0.4 is 4.74 Å². The van der Waals surface area contributed by atoms with Crippen molar-refractivity contribution in [1.29, 1.82) is 0 Å². The van der Waals surface area contributed by atoms with Gasteiger partial charge < -0.3 is 9.64 Å². The maximum absolute atomic E-state index is 6.12. The maximum atomic E-state index is 6.12. The molecule has 0 bridgehead atoms. The first-order chi connectivity index (χ1) is 9.79. The summed E-state index contributed by atoms with van der Waals surface area (Å²) in [4.78, 5) is 2.42. The lowest BCUT2D eigenvalue weighted by molar-refractivity contribution is 0.202. The number of nitrogens with zero attached hydrogens (tertiary/aromatic N) is 1. The first kappa shape index (κ1) is 12.0. The van der Waals surface area contributed by atoms with Gasteiger partial charge >= 0.3 is 0 Å². The molecule has 2 heterocycles. The average Bonchev–Trinajstić information content (AvgIpc) is 2.50. The minimum Gasteiger partial charge on any atom is -0.457 e. The van der Waals surface area contributed by atoms with Crippen molar-refractivity contribution in [3.8, 4) is 11.5 Å². The van der Waals surface area contributed by atoms with Gasteiger partial charge in [0.15, 0.2) is 0 Å². The molecule has 0 atom stereocenters. The van der Waals surface area contributed by atoms with Gasteiger partial charge in [0.05, 0.1) is 0 Å². The largest absolute Gasteiger partial charge is 0.457 e. The number of likely N-dealkylation sites (tertiary alicyclic amines) is 1. The van der Waals surface area contributed by atoms with Crippen molar-refractivity contribution in [2.75, 3.05) is 20.1 Å². The summed E-state index contributed by atoms with van der Waals surface area (Å²) in [6, 6.07) is 17.1. The molecule has 2 nitrogen and oxygen atoms in total. The van der Waals surface area contributed by atoms with Gasteiger partial charge in [0.1, 0.15) is 11.5 Å². The molecule has 0 amide bonds. The fourth-order valence-electron chi connectivity index (χ4n) is 3.70. The van der Waals surface area contributed by atoms with Gasteiger partial charge in [-0.1, -0.05) is 36.4 Å². The maximum Gasteiger partial charge on any atom is 0.131 e. The van der Waals surface area contributed by atoms with Crippen molar-refractivity contribution in [2.24, 2.45) is 0 Å². The Labute approximate surface area is 120 Å². The van der Waals surface area contributed by atoms with Crippen LogP contribution in [0.3, 0.4) is 0 Å². The number of fused-ring (bicyclic) bond motifs is 4. The second-order valence-electron chi connectivity index (χ2n) is 5.98. The SMILES string of the molecule is CN1CCC2(CC1)c1ccccc1Oc1ccccc12. The number of ether oxygens (including phenoxy) is 1. The summed E-state index contributed by atoms with van der Waals surface area (Å²) in [7, 11) is 2.21. The molecule has 0 unspecified atom stereocenters. The molecule has 0 aliphatic carbocycles. The van der Waals surface area contributed by atoms with Crippen molar-refractivity contribution in [3.05, 3.63) is 59.7 Å². The fourth-order valence-corrected chi connectivity index (χ4v) is 3.70. The van der Waals surface area contributed by atoms with Gasteiger partial charge in [0.25, 0.3) is 0 Å². The lowest BCUT2D eigenvalue weighted by atomic mass is 9.66. The second-order valence-corrected chi connectivity index (χ2v) is 5.98. The molecule has 0 radical (unpaired) electrons. The smallest absolute Gasteiger partial charge is 0.131 e. The van der Waals surface area contributed by atoms with Gasteiger partial charge in [0.2, 0.25) is 0 Å². The molecule has 0 saturated carbocycles. The summed E-state index contributed by atoms with van der Waals surface area (Å²) in [6.07, 6.45) is 2.34. The van der Waals surface area contributed by atoms with Crippen molar-refractivity contribution in [2.45, 2.75) is 18.3 Å². The molecule has 2 aromatic carbocycles. The normalized spacial score (nSPS) is 20.1. The predicted molar refractivity (Wildman–Crippen MR) is 80.5 cm³/mol. The summed E-state index contributed by atoms with van der Waals surface area (Å²) < 4.78 is 6.12. The number of benzene rings is 2. The Bertz CT molecular complexity index is 594. The summed E-state index contributed by atoms with van der Waals surface area (Å²) in [6.45, 7) is 2.28. The highest BCUT2D eigenvalue weighted by molar-refractivity contribution is 5.57. The number of piperidine rings is 1. The van der Waals surface area contributed by atoms with Gasteiger partial charge in [-0.05, 0) is 45.1 Å². The van der Waals surface area contributed by atoms with Gasteiger partial charge in [-0.3, -0.25) is 0 Å². The van der Waals surface area contributed by atoms with Gasteiger partial charge in [0, 0.05) is 16.5 Å². The minimum absolute atomic E-state index is 0.137. The lowest BCUT2D eigenvalue weighted by Gasteiger charge is -2.45. The molecule has 2 aliphatic rings. The molecule has 1 spiro atoms. The Morgan fingerprint density at radius 1 is 0.850 bits per heavy atom. The highest BCUT2D eigenvalue weighted by Gasteiger charge is 2.43. The topological polar surface area (TPSA) is 12.5 Å². The van der Waals surface area contributed by atoms with E-state index in [1.807, 2.05) is 0 Å². The molecule has 2 aliphatic heterocycles. The highest BCUT2D eigenvalue weighted by atomic mass is 16.5. The zero-order valence-corrected chi connectivity index (χ0v) is 11.8. The van der Waals surface area contributed by atoms with Gasteiger partial charge in [-0.25, -0.2) is 0 Å². The standard InChI is InChI=1S/C18H19NO/c1-19-12-10-18(11-13-19)14-6-2-4-8-16(14)20-17-9-5-3-7-15(17)18/h2-9H,10-13H2,1H3. The Morgan fingerprint density at radius 3 is 1.90 bits per heavy atom. The third-order valence-electron chi connectivity index (χ3n) is 4.87. The molecule has 1 fully saturated rings. The second kappa shape index (κ2) is 4.35. The van der Waals surface area contributed by atoms with Crippen molar-refractivity contribution >= 4 is 0 Å². The summed E-state index contributed by atoms with van der Waals surface area (Å²) >= 11 is 0. The van der Waals surface area contributed by atoms with Crippen LogP contribution in [0.1, 0.15) is 24.0 Å². The molecule has 4 rings (SSSR count). The van der Waals surface area contributed by atoms with E-state index < -0.39 is 0 Å². The average molecular weight is 265 g/mol. The Hall–Kier alpha value is -1.80. The summed E-state index contributed by atoms with van der Waals surface area (Å²) in [5.41, 5.74) is 2.87. The van der Waals surface area contributed by atoms with Crippen LogP contribution in [-0.4, -0.2) is 25.0 Å². The van der Waals surface area contributed by atoms with Gasteiger partial charge in [-0.15, -0.1) is 0 Å². The quantitative estimate of drug-likeness (QED) is 0.718. The van der Waals surface area contributed by atoms with E-state index in [-0.39, 0.29) is 5.41 Å². The van der Waals surface area contributed by atoms with Crippen LogP contribution in [0.5, 0.6) is 11.5 Å². The Balaban J connectivity index is 1.93. The Kier molecular flexibility index (Phi) is 2.61. The van der Waals surface area contributed by atoms with E-state index in [2.05, 4.69) is 60.5 Å². The third kappa shape index (κ3) is 1.61.